The number of rotatable bonds is 5. The van der Waals surface area contributed by atoms with Gasteiger partial charge in [0.25, 0.3) is 5.91 Å². The molecule has 2 heterocycles. The van der Waals surface area contributed by atoms with E-state index in [2.05, 4.69) is 10.3 Å². The van der Waals surface area contributed by atoms with E-state index < -0.39 is 0 Å². The Morgan fingerprint density at radius 2 is 2.13 bits per heavy atom. The second kappa shape index (κ2) is 7.70. The number of thioether (sulfide) groups is 1. The molecule has 1 amide bonds. The van der Waals surface area contributed by atoms with Crippen molar-refractivity contribution in [3.63, 3.8) is 0 Å². The quantitative estimate of drug-likeness (QED) is 0.897. The molecule has 1 aromatic carbocycles. The largest absolute Gasteiger partial charge is 0.473 e. The second-order valence-electron chi connectivity index (χ2n) is 5.30. The van der Waals surface area contributed by atoms with Crippen molar-refractivity contribution in [1.82, 2.24) is 10.3 Å². The molecule has 23 heavy (non-hydrogen) atoms. The summed E-state index contributed by atoms with van der Waals surface area (Å²) in [6.45, 7) is 0.452. The zero-order valence-corrected chi connectivity index (χ0v) is 14.1. The molecule has 1 N–H and O–H groups in total. The van der Waals surface area contributed by atoms with E-state index in [0.29, 0.717) is 23.0 Å². The van der Waals surface area contributed by atoms with Crippen LogP contribution in [0.3, 0.4) is 0 Å². The smallest absolute Gasteiger partial charge is 0.253 e. The molecule has 1 aromatic heterocycles. The summed E-state index contributed by atoms with van der Waals surface area (Å²) in [6, 6.07) is 10.9. The van der Waals surface area contributed by atoms with Crippen LogP contribution < -0.4 is 10.1 Å². The molecule has 0 aliphatic carbocycles. The van der Waals surface area contributed by atoms with Crippen LogP contribution >= 0.6 is 23.4 Å². The van der Waals surface area contributed by atoms with Gasteiger partial charge in [-0.25, -0.2) is 4.98 Å². The van der Waals surface area contributed by atoms with E-state index in [-0.39, 0.29) is 12.0 Å². The molecule has 0 saturated carbocycles. The van der Waals surface area contributed by atoms with Crippen LogP contribution in [0.2, 0.25) is 5.02 Å². The number of halogens is 1. The maximum absolute atomic E-state index is 12.1. The lowest BCUT2D eigenvalue weighted by Crippen LogP contribution is -2.23. The molecule has 1 aliphatic heterocycles. The van der Waals surface area contributed by atoms with Gasteiger partial charge in [-0.1, -0.05) is 23.7 Å². The number of nitrogens with one attached hydrogen (secondary N) is 1. The second-order valence-corrected chi connectivity index (χ2v) is 6.88. The van der Waals surface area contributed by atoms with E-state index in [1.807, 2.05) is 23.9 Å². The van der Waals surface area contributed by atoms with Gasteiger partial charge in [-0.15, -0.1) is 0 Å². The molecule has 1 fully saturated rings. The Balaban J connectivity index is 1.53. The van der Waals surface area contributed by atoms with Crippen molar-refractivity contribution in [2.24, 2.45) is 0 Å². The molecule has 0 spiro atoms. The monoisotopic (exact) mass is 348 g/mol. The van der Waals surface area contributed by atoms with Crippen LogP contribution in [0.4, 0.5) is 0 Å². The molecular formula is C17H17ClN2O2S. The number of amides is 1. The summed E-state index contributed by atoms with van der Waals surface area (Å²) >= 11 is 7.73. The molecule has 1 atom stereocenters. The number of hydrogen-bond donors (Lipinski definition) is 1. The third-order valence-corrected chi connectivity index (χ3v) is 4.92. The van der Waals surface area contributed by atoms with Crippen LogP contribution in [-0.2, 0) is 6.54 Å². The molecule has 3 rings (SSSR count). The van der Waals surface area contributed by atoms with Crippen molar-refractivity contribution < 1.29 is 9.53 Å². The Labute approximate surface area is 144 Å². The van der Waals surface area contributed by atoms with Crippen LogP contribution in [0.25, 0.3) is 0 Å². The Kier molecular flexibility index (Phi) is 5.41. The SMILES string of the molecule is O=C(NCc1ccc(Cl)cc1)c1ccc(O[C@H]2CCSC2)nc1. The zero-order valence-electron chi connectivity index (χ0n) is 12.5. The third-order valence-electron chi connectivity index (χ3n) is 3.54. The summed E-state index contributed by atoms with van der Waals surface area (Å²) < 4.78 is 5.77. The lowest BCUT2D eigenvalue weighted by Gasteiger charge is -2.11. The van der Waals surface area contributed by atoms with Gasteiger partial charge in [0, 0.05) is 29.6 Å². The molecule has 0 unspecified atom stereocenters. The van der Waals surface area contributed by atoms with Gasteiger partial charge < -0.3 is 10.1 Å². The zero-order chi connectivity index (χ0) is 16.1. The number of hydrogen-bond acceptors (Lipinski definition) is 4. The van der Waals surface area contributed by atoms with Crippen LogP contribution in [-0.4, -0.2) is 28.5 Å². The number of nitrogens with zero attached hydrogens (tertiary/aromatic N) is 1. The number of carbonyl (C=O) groups is 1. The van der Waals surface area contributed by atoms with Crippen molar-refractivity contribution >= 4 is 29.3 Å². The fraction of sp³-hybridized carbons (Fsp3) is 0.294. The topological polar surface area (TPSA) is 51.2 Å². The van der Waals surface area contributed by atoms with Crippen LogP contribution in [0.5, 0.6) is 5.88 Å². The van der Waals surface area contributed by atoms with E-state index in [4.69, 9.17) is 16.3 Å². The molecular weight excluding hydrogens is 332 g/mol. The van der Waals surface area contributed by atoms with Gasteiger partial charge in [-0.2, -0.15) is 11.8 Å². The first-order valence-corrected chi connectivity index (χ1v) is 8.97. The van der Waals surface area contributed by atoms with E-state index in [9.17, 15) is 4.79 Å². The third kappa shape index (κ3) is 4.62. The van der Waals surface area contributed by atoms with Crippen LogP contribution in [0, 0.1) is 0 Å². The Bertz CT molecular complexity index is 655. The van der Waals surface area contributed by atoms with Crippen molar-refractivity contribution in [2.75, 3.05) is 11.5 Å². The highest BCUT2D eigenvalue weighted by Gasteiger charge is 2.17. The number of carbonyl (C=O) groups excluding carboxylic acids is 1. The lowest BCUT2D eigenvalue weighted by molar-refractivity contribution is 0.0950. The average molecular weight is 349 g/mol. The Morgan fingerprint density at radius 3 is 2.78 bits per heavy atom. The first-order chi connectivity index (χ1) is 11.2. The standard InChI is InChI=1S/C17H17ClN2O2S/c18-14-4-1-12(2-5-14)9-20-17(21)13-3-6-16(19-10-13)22-15-7-8-23-11-15/h1-6,10,15H,7-9,11H2,(H,20,21)/t15-/m0/s1. The van der Waals surface area contributed by atoms with Gasteiger partial charge in [-0.05, 0) is 35.9 Å². The van der Waals surface area contributed by atoms with Gasteiger partial charge in [0.2, 0.25) is 5.88 Å². The minimum Gasteiger partial charge on any atom is -0.473 e. The van der Waals surface area contributed by atoms with E-state index in [1.54, 1.807) is 30.5 Å². The summed E-state index contributed by atoms with van der Waals surface area (Å²) in [5.74, 6) is 2.56. The number of aromatic nitrogens is 1. The van der Waals surface area contributed by atoms with Crippen molar-refractivity contribution in [3.05, 3.63) is 58.7 Å². The molecule has 0 bridgehead atoms. The molecule has 4 nitrogen and oxygen atoms in total. The summed E-state index contributed by atoms with van der Waals surface area (Å²) in [5, 5.41) is 3.54. The number of benzene rings is 1. The highest BCUT2D eigenvalue weighted by Crippen LogP contribution is 2.22. The first-order valence-electron chi connectivity index (χ1n) is 7.44. The maximum atomic E-state index is 12.1. The maximum Gasteiger partial charge on any atom is 0.253 e. The van der Waals surface area contributed by atoms with Crippen molar-refractivity contribution in [2.45, 2.75) is 19.1 Å². The molecule has 1 aliphatic rings. The van der Waals surface area contributed by atoms with Crippen LogP contribution in [0.15, 0.2) is 42.6 Å². The minimum atomic E-state index is -0.157. The summed E-state index contributed by atoms with van der Waals surface area (Å²) in [7, 11) is 0. The average Bonchev–Trinajstić information content (AvgIpc) is 3.08. The van der Waals surface area contributed by atoms with Crippen molar-refractivity contribution in [1.29, 1.82) is 0 Å². The fourth-order valence-electron chi connectivity index (χ4n) is 2.25. The van der Waals surface area contributed by atoms with Gasteiger partial charge >= 0.3 is 0 Å². The van der Waals surface area contributed by atoms with Crippen molar-refractivity contribution in [3.8, 4) is 5.88 Å². The summed E-state index contributed by atoms with van der Waals surface area (Å²) in [4.78, 5) is 16.3. The molecule has 0 radical (unpaired) electrons. The van der Waals surface area contributed by atoms with Gasteiger partial charge in [0.05, 0.1) is 5.56 Å². The predicted molar refractivity (Wildman–Crippen MR) is 93.2 cm³/mol. The van der Waals surface area contributed by atoms with E-state index in [0.717, 1.165) is 23.5 Å². The molecule has 2 aromatic rings. The van der Waals surface area contributed by atoms with Gasteiger partial charge in [0.15, 0.2) is 0 Å². The highest BCUT2D eigenvalue weighted by atomic mass is 35.5. The fourth-order valence-corrected chi connectivity index (χ4v) is 3.47. The van der Waals surface area contributed by atoms with Gasteiger partial charge in [0.1, 0.15) is 6.10 Å². The minimum absolute atomic E-state index is 0.157. The molecule has 6 heteroatoms. The van der Waals surface area contributed by atoms with E-state index >= 15 is 0 Å². The Hall–Kier alpha value is -1.72. The van der Waals surface area contributed by atoms with E-state index in [1.165, 1.54) is 0 Å². The lowest BCUT2D eigenvalue weighted by atomic mass is 10.2. The predicted octanol–water partition coefficient (Wildman–Crippen LogP) is 3.55. The molecule has 120 valence electrons. The number of pyridine rings is 1. The van der Waals surface area contributed by atoms with Crippen LogP contribution in [0.1, 0.15) is 22.3 Å². The normalized spacial score (nSPS) is 17.0. The Morgan fingerprint density at radius 1 is 1.30 bits per heavy atom. The van der Waals surface area contributed by atoms with Gasteiger partial charge in [-0.3, -0.25) is 4.79 Å². The summed E-state index contributed by atoms with van der Waals surface area (Å²) in [6.07, 6.45) is 2.83. The first kappa shape index (κ1) is 16.1. The highest BCUT2D eigenvalue weighted by molar-refractivity contribution is 7.99. The molecule has 1 saturated heterocycles. The summed E-state index contributed by atoms with van der Waals surface area (Å²) in [5.41, 5.74) is 1.52. The number of ether oxygens (including phenoxy) is 1.